The van der Waals surface area contributed by atoms with Crippen molar-refractivity contribution in [1.29, 1.82) is 0 Å². The molecule has 0 aliphatic carbocycles. The van der Waals surface area contributed by atoms with Crippen LogP contribution in [0.4, 0.5) is 5.82 Å². The van der Waals surface area contributed by atoms with E-state index in [1.54, 1.807) is 7.11 Å². The Kier molecular flexibility index (Phi) is 5.48. The second kappa shape index (κ2) is 8.74. The van der Waals surface area contributed by atoms with E-state index in [1.165, 1.54) is 0 Å². The Balaban J connectivity index is 1.31. The molecule has 33 heavy (non-hydrogen) atoms. The Hall–Kier alpha value is -4.20. The molecule has 166 valence electrons. The van der Waals surface area contributed by atoms with Crippen LogP contribution in [0.3, 0.4) is 0 Å². The van der Waals surface area contributed by atoms with Gasteiger partial charge in [0.1, 0.15) is 11.6 Å². The molecule has 5 aromatic rings. The fourth-order valence-electron chi connectivity index (χ4n) is 4.11. The first kappa shape index (κ1) is 20.7. The fraction of sp³-hybridized carbons (Fsp3) is 0.200. The number of carbonyl (C=O) groups is 1. The number of ether oxygens (including phenoxy) is 1. The number of amides is 1. The van der Waals surface area contributed by atoms with Gasteiger partial charge in [-0.2, -0.15) is 10.2 Å². The largest absolute Gasteiger partial charge is 0.497 e. The van der Waals surface area contributed by atoms with Gasteiger partial charge >= 0.3 is 0 Å². The van der Waals surface area contributed by atoms with Crippen molar-refractivity contribution in [3.05, 3.63) is 77.7 Å². The average Bonchev–Trinajstić information content (AvgIpc) is 3.39. The first-order valence-electron chi connectivity index (χ1n) is 10.8. The molecule has 8 heteroatoms. The first-order chi connectivity index (χ1) is 16.1. The van der Waals surface area contributed by atoms with E-state index in [1.807, 2.05) is 66.5 Å². The molecule has 0 saturated heterocycles. The summed E-state index contributed by atoms with van der Waals surface area (Å²) in [6.45, 7) is 2.46. The highest BCUT2D eigenvalue weighted by molar-refractivity contribution is 6.00. The van der Waals surface area contributed by atoms with E-state index in [-0.39, 0.29) is 5.91 Å². The van der Waals surface area contributed by atoms with Crippen LogP contribution < -0.4 is 10.1 Å². The van der Waals surface area contributed by atoms with E-state index < -0.39 is 0 Å². The number of carbonyl (C=O) groups excluding carboxylic acids is 1. The summed E-state index contributed by atoms with van der Waals surface area (Å²) in [5.41, 5.74) is 3.61. The van der Waals surface area contributed by atoms with Crippen molar-refractivity contribution in [1.82, 2.24) is 25.0 Å². The van der Waals surface area contributed by atoms with Gasteiger partial charge in [-0.05, 0) is 42.0 Å². The quantitative estimate of drug-likeness (QED) is 0.394. The van der Waals surface area contributed by atoms with Gasteiger partial charge in [-0.3, -0.25) is 14.9 Å². The molecule has 5 rings (SSSR count). The summed E-state index contributed by atoms with van der Waals surface area (Å²) in [5, 5.41) is 18.0. The Morgan fingerprint density at radius 3 is 2.91 bits per heavy atom. The van der Waals surface area contributed by atoms with Crippen LogP contribution in [0.5, 0.6) is 5.75 Å². The minimum Gasteiger partial charge on any atom is -0.497 e. The number of hydrogen-bond donors (Lipinski definition) is 2. The Morgan fingerprint density at radius 1 is 1.15 bits per heavy atom. The maximum atomic E-state index is 12.7. The van der Waals surface area contributed by atoms with Gasteiger partial charge < -0.3 is 10.1 Å². The summed E-state index contributed by atoms with van der Waals surface area (Å²) in [6.07, 6.45) is 4.61. The van der Waals surface area contributed by atoms with Crippen LogP contribution in [0, 0.1) is 6.92 Å². The van der Waals surface area contributed by atoms with Gasteiger partial charge in [-0.1, -0.05) is 36.4 Å². The standard InChI is InChI=1S/C25H24N6O2/c1-16-23-24(27-22(32)11-10-19-14-26-13-18-7-3-4-9-21(18)19)28-29-25(23)31(30-16)15-17-6-5-8-20(12-17)33-2/h3-9,12-14H,10-11,15H2,1-2H3,(H2,27,28,29,32). The minimum absolute atomic E-state index is 0.0894. The van der Waals surface area contributed by atoms with Crippen LogP contribution in [0.2, 0.25) is 0 Å². The van der Waals surface area contributed by atoms with Gasteiger partial charge in [0.2, 0.25) is 5.91 Å². The topological polar surface area (TPSA) is 97.7 Å². The third kappa shape index (κ3) is 4.15. The zero-order valence-electron chi connectivity index (χ0n) is 18.5. The van der Waals surface area contributed by atoms with E-state index in [9.17, 15) is 4.79 Å². The number of aryl methyl sites for hydroxylation is 2. The maximum absolute atomic E-state index is 12.7. The molecule has 0 bridgehead atoms. The third-order valence-corrected chi connectivity index (χ3v) is 5.73. The zero-order chi connectivity index (χ0) is 22.8. The van der Waals surface area contributed by atoms with E-state index in [2.05, 4.69) is 31.7 Å². The number of methoxy groups -OCH3 is 1. The Bertz CT molecular complexity index is 1450. The van der Waals surface area contributed by atoms with Crippen LogP contribution in [-0.4, -0.2) is 38.0 Å². The average molecular weight is 441 g/mol. The lowest BCUT2D eigenvalue weighted by molar-refractivity contribution is -0.116. The Morgan fingerprint density at radius 2 is 2.03 bits per heavy atom. The summed E-state index contributed by atoms with van der Waals surface area (Å²) >= 11 is 0. The molecule has 0 spiro atoms. The highest BCUT2D eigenvalue weighted by Crippen LogP contribution is 2.26. The van der Waals surface area contributed by atoms with Crippen LogP contribution in [0.1, 0.15) is 23.2 Å². The Labute approximate surface area is 190 Å². The van der Waals surface area contributed by atoms with Gasteiger partial charge in [0.05, 0.1) is 24.7 Å². The van der Waals surface area contributed by atoms with Crippen molar-refractivity contribution >= 4 is 33.5 Å². The van der Waals surface area contributed by atoms with Gasteiger partial charge in [-0.15, -0.1) is 0 Å². The lowest BCUT2D eigenvalue weighted by atomic mass is 10.0. The molecule has 0 radical (unpaired) electrons. The zero-order valence-corrected chi connectivity index (χ0v) is 18.5. The van der Waals surface area contributed by atoms with Crippen LogP contribution in [0.25, 0.3) is 21.8 Å². The fourth-order valence-corrected chi connectivity index (χ4v) is 4.11. The third-order valence-electron chi connectivity index (χ3n) is 5.73. The van der Waals surface area contributed by atoms with E-state index in [4.69, 9.17) is 4.74 Å². The lowest BCUT2D eigenvalue weighted by Gasteiger charge is -2.06. The molecule has 2 N–H and O–H groups in total. The maximum Gasteiger partial charge on any atom is 0.225 e. The summed E-state index contributed by atoms with van der Waals surface area (Å²) < 4.78 is 7.14. The predicted molar refractivity (Wildman–Crippen MR) is 127 cm³/mol. The number of pyridine rings is 1. The van der Waals surface area contributed by atoms with Crippen LogP contribution in [-0.2, 0) is 17.8 Å². The molecule has 0 aliphatic rings. The second-order valence-electron chi connectivity index (χ2n) is 7.96. The molecule has 3 aromatic heterocycles. The number of aromatic nitrogens is 5. The van der Waals surface area contributed by atoms with Gasteiger partial charge in [0.25, 0.3) is 0 Å². The smallest absolute Gasteiger partial charge is 0.225 e. The number of rotatable bonds is 7. The SMILES string of the molecule is COc1cccc(Cn2nc(C)c3c(NC(=O)CCc4cncc5ccccc45)[nH]nc32)c1. The molecule has 0 aliphatic heterocycles. The van der Waals surface area contributed by atoms with Crippen molar-refractivity contribution < 1.29 is 9.53 Å². The van der Waals surface area contributed by atoms with E-state index in [0.717, 1.165) is 38.7 Å². The number of nitrogens with zero attached hydrogens (tertiary/aromatic N) is 4. The highest BCUT2D eigenvalue weighted by atomic mass is 16.5. The molecule has 3 heterocycles. The number of hydrogen-bond acceptors (Lipinski definition) is 5. The van der Waals surface area contributed by atoms with Crippen LogP contribution >= 0.6 is 0 Å². The first-order valence-corrected chi connectivity index (χ1v) is 10.8. The molecule has 8 nitrogen and oxygen atoms in total. The monoisotopic (exact) mass is 440 g/mol. The van der Waals surface area contributed by atoms with Gasteiger partial charge in [-0.25, -0.2) is 4.68 Å². The number of aromatic amines is 1. The summed E-state index contributed by atoms with van der Waals surface area (Å²) in [5.74, 6) is 1.28. The molecular weight excluding hydrogens is 416 g/mol. The van der Waals surface area contributed by atoms with Gasteiger partial charge in [0.15, 0.2) is 5.65 Å². The molecule has 0 fully saturated rings. The van der Waals surface area contributed by atoms with Crippen molar-refractivity contribution in [2.75, 3.05) is 12.4 Å². The molecule has 0 saturated carbocycles. The molecule has 0 atom stereocenters. The molecular formula is C25H24N6O2. The normalized spacial score (nSPS) is 11.2. The number of H-pyrrole nitrogens is 1. The number of benzene rings is 2. The molecule has 0 unspecified atom stereocenters. The van der Waals surface area contributed by atoms with Crippen LogP contribution in [0.15, 0.2) is 60.9 Å². The van der Waals surface area contributed by atoms with Crippen molar-refractivity contribution in [2.45, 2.75) is 26.3 Å². The lowest BCUT2D eigenvalue weighted by Crippen LogP contribution is -2.13. The summed E-state index contributed by atoms with van der Waals surface area (Å²) in [7, 11) is 1.65. The van der Waals surface area contributed by atoms with Gasteiger partial charge in [0, 0.05) is 24.2 Å². The minimum atomic E-state index is -0.0894. The van der Waals surface area contributed by atoms with Crippen molar-refractivity contribution in [2.24, 2.45) is 0 Å². The van der Waals surface area contributed by atoms with E-state index >= 15 is 0 Å². The highest BCUT2D eigenvalue weighted by Gasteiger charge is 2.17. The predicted octanol–water partition coefficient (Wildman–Crippen LogP) is 4.24. The van der Waals surface area contributed by atoms with E-state index in [0.29, 0.717) is 30.9 Å². The molecule has 1 amide bonds. The summed E-state index contributed by atoms with van der Waals surface area (Å²) in [4.78, 5) is 17.0. The number of nitrogens with one attached hydrogen (secondary N) is 2. The van der Waals surface area contributed by atoms with Crippen molar-refractivity contribution in [3.8, 4) is 5.75 Å². The molecule has 2 aromatic carbocycles. The second-order valence-corrected chi connectivity index (χ2v) is 7.96. The summed E-state index contributed by atoms with van der Waals surface area (Å²) in [6, 6.07) is 15.9. The van der Waals surface area contributed by atoms with Crippen molar-refractivity contribution in [3.63, 3.8) is 0 Å². The number of anilines is 1. The number of fused-ring (bicyclic) bond motifs is 2.